The third-order valence-electron chi connectivity index (χ3n) is 12.4. The van der Waals surface area contributed by atoms with Crippen LogP contribution in [0, 0.1) is 0 Å². The molecule has 0 N–H and O–H groups in total. The molecule has 0 aromatic carbocycles. The molecule has 0 aromatic heterocycles. The van der Waals surface area contributed by atoms with Gasteiger partial charge in [0, 0.05) is 19.3 Å². The minimum absolute atomic E-state index is 0.0696. The molecule has 6 heteroatoms. The predicted octanol–water partition coefficient (Wildman–Crippen LogP) is 18.3. The van der Waals surface area contributed by atoms with Crippen LogP contribution in [-0.2, 0) is 28.6 Å². The van der Waals surface area contributed by atoms with Crippen LogP contribution in [0.25, 0.3) is 0 Å². The molecular formula is C57H106O6. The topological polar surface area (TPSA) is 78.9 Å². The number of esters is 3. The quantitative estimate of drug-likeness (QED) is 0.0262. The van der Waals surface area contributed by atoms with E-state index in [1.54, 1.807) is 0 Å². The van der Waals surface area contributed by atoms with E-state index in [2.05, 4.69) is 45.1 Å². The fourth-order valence-corrected chi connectivity index (χ4v) is 8.20. The van der Waals surface area contributed by atoms with Crippen LogP contribution in [0.2, 0.25) is 0 Å². The maximum absolute atomic E-state index is 12.8. The lowest BCUT2D eigenvalue weighted by molar-refractivity contribution is -0.167. The predicted molar refractivity (Wildman–Crippen MR) is 270 cm³/mol. The minimum Gasteiger partial charge on any atom is -0.462 e. The molecule has 370 valence electrons. The number of ether oxygens (including phenoxy) is 3. The summed E-state index contributed by atoms with van der Waals surface area (Å²) in [5.41, 5.74) is 0. The van der Waals surface area contributed by atoms with Gasteiger partial charge in [0.25, 0.3) is 0 Å². The van der Waals surface area contributed by atoms with Crippen molar-refractivity contribution >= 4 is 17.9 Å². The van der Waals surface area contributed by atoms with E-state index in [9.17, 15) is 14.4 Å². The van der Waals surface area contributed by atoms with Gasteiger partial charge in [-0.05, 0) is 70.6 Å². The van der Waals surface area contributed by atoms with Crippen LogP contribution in [0.4, 0.5) is 0 Å². The van der Waals surface area contributed by atoms with Gasteiger partial charge in [-0.25, -0.2) is 0 Å². The van der Waals surface area contributed by atoms with Crippen LogP contribution in [-0.4, -0.2) is 37.2 Å². The zero-order chi connectivity index (χ0) is 45.8. The van der Waals surface area contributed by atoms with Crippen molar-refractivity contribution in [2.24, 2.45) is 0 Å². The Balaban J connectivity index is 4.29. The summed E-state index contributed by atoms with van der Waals surface area (Å²) in [6.07, 6.45) is 60.2. The molecule has 0 fully saturated rings. The third kappa shape index (κ3) is 50.7. The van der Waals surface area contributed by atoms with E-state index in [-0.39, 0.29) is 31.1 Å². The maximum atomic E-state index is 12.8. The van der Waals surface area contributed by atoms with Gasteiger partial charge in [-0.1, -0.05) is 238 Å². The van der Waals surface area contributed by atoms with Gasteiger partial charge < -0.3 is 14.2 Å². The van der Waals surface area contributed by atoms with E-state index in [1.807, 2.05) is 0 Å². The molecule has 0 saturated carbocycles. The molecule has 0 spiro atoms. The number of carbonyl (C=O) groups is 3. The van der Waals surface area contributed by atoms with Crippen LogP contribution >= 0.6 is 0 Å². The number of hydrogen-bond donors (Lipinski definition) is 0. The highest BCUT2D eigenvalue weighted by molar-refractivity contribution is 5.71. The van der Waals surface area contributed by atoms with Gasteiger partial charge in [-0.15, -0.1) is 0 Å². The average Bonchev–Trinajstić information content (AvgIpc) is 3.28. The summed E-state index contributed by atoms with van der Waals surface area (Å²) in [6.45, 7) is 6.65. The van der Waals surface area contributed by atoms with Crippen LogP contribution < -0.4 is 0 Å². The molecule has 0 aliphatic rings. The fourth-order valence-electron chi connectivity index (χ4n) is 8.20. The SMILES string of the molecule is CCCCCC/C=C\CCCCCCCCCC(=O)O[C@H](COC(=O)CCCCCCCCCCC/C=C\CCCCCCCC)COC(=O)CCCCCCCCCCCCC. The van der Waals surface area contributed by atoms with Crippen LogP contribution in [0.1, 0.15) is 303 Å². The first-order chi connectivity index (χ1) is 31.0. The summed E-state index contributed by atoms with van der Waals surface area (Å²) >= 11 is 0. The first kappa shape index (κ1) is 60.9. The van der Waals surface area contributed by atoms with Crippen molar-refractivity contribution in [3.63, 3.8) is 0 Å². The van der Waals surface area contributed by atoms with Gasteiger partial charge in [0.05, 0.1) is 0 Å². The molecule has 0 aromatic rings. The van der Waals surface area contributed by atoms with Crippen molar-refractivity contribution in [2.45, 2.75) is 309 Å². The Kier molecular flexibility index (Phi) is 50.8. The summed E-state index contributed by atoms with van der Waals surface area (Å²) in [4.78, 5) is 38.0. The highest BCUT2D eigenvalue weighted by Gasteiger charge is 2.19. The first-order valence-corrected chi connectivity index (χ1v) is 27.8. The summed E-state index contributed by atoms with van der Waals surface area (Å²) in [5.74, 6) is -0.861. The van der Waals surface area contributed by atoms with Crippen molar-refractivity contribution in [2.75, 3.05) is 13.2 Å². The zero-order valence-electron chi connectivity index (χ0n) is 42.4. The number of allylic oxidation sites excluding steroid dienone is 4. The lowest BCUT2D eigenvalue weighted by Crippen LogP contribution is -2.30. The van der Waals surface area contributed by atoms with E-state index >= 15 is 0 Å². The van der Waals surface area contributed by atoms with Crippen molar-refractivity contribution in [3.05, 3.63) is 24.3 Å². The number of rotatable bonds is 51. The van der Waals surface area contributed by atoms with Gasteiger partial charge in [0.1, 0.15) is 13.2 Å². The Morgan fingerprint density at radius 3 is 0.810 bits per heavy atom. The highest BCUT2D eigenvalue weighted by Crippen LogP contribution is 2.16. The molecule has 0 bridgehead atoms. The highest BCUT2D eigenvalue weighted by atomic mass is 16.6. The van der Waals surface area contributed by atoms with Gasteiger partial charge in [-0.3, -0.25) is 14.4 Å². The van der Waals surface area contributed by atoms with Gasteiger partial charge in [-0.2, -0.15) is 0 Å². The lowest BCUT2D eigenvalue weighted by Gasteiger charge is -2.18. The van der Waals surface area contributed by atoms with Crippen LogP contribution in [0.5, 0.6) is 0 Å². The average molecular weight is 887 g/mol. The molecule has 0 rings (SSSR count). The normalized spacial score (nSPS) is 12.1. The van der Waals surface area contributed by atoms with Crippen LogP contribution in [0.3, 0.4) is 0 Å². The first-order valence-electron chi connectivity index (χ1n) is 27.8. The molecular weight excluding hydrogens is 781 g/mol. The summed E-state index contributed by atoms with van der Waals surface area (Å²) < 4.78 is 16.8. The molecule has 63 heavy (non-hydrogen) atoms. The standard InChI is InChI=1S/C57H106O6/c1-4-7-10-13-16-19-22-24-26-27-28-29-31-32-35-38-41-44-47-50-56(59)62-53-54(52-61-55(58)49-46-43-40-37-34-21-18-15-12-9-6-3)63-57(60)51-48-45-42-39-36-33-30-25-23-20-17-14-11-8-5-2/h20,23-24,26,54H,4-19,21-22,25,27-53H2,1-3H3/b23-20-,26-24-/t54-/m0/s1. The number of carbonyl (C=O) groups excluding carboxylic acids is 3. The summed E-state index contributed by atoms with van der Waals surface area (Å²) in [5, 5.41) is 0. The third-order valence-corrected chi connectivity index (χ3v) is 12.4. The van der Waals surface area contributed by atoms with E-state index in [0.29, 0.717) is 19.3 Å². The van der Waals surface area contributed by atoms with Crippen molar-refractivity contribution in [1.82, 2.24) is 0 Å². The molecule has 0 heterocycles. The smallest absolute Gasteiger partial charge is 0.306 e. The van der Waals surface area contributed by atoms with E-state index < -0.39 is 6.10 Å². The molecule has 0 aliphatic carbocycles. The summed E-state index contributed by atoms with van der Waals surface area (Å²) in [7, 11) is 0. The van der Waals surface area contributed by atoms with E-state index in [1.165, 1.54) is 205 Å². The van der Waals surface area contributed by atoms with Gasteiger partial charge in [0.15, 0.2) is 6.10 Å². The number of unbranched alkanes of at least 4 members (excludes halogenated alkanes) is 36. The molecule has 0 amide bonds. The minimum atomic E-state index is -0.769. The van der Waals surface area contributed by atoms with Crippen LogP contribution in [0.15, 0.2) is 24.3 Å². The van der Waals surface area contributed by atoms with Gasteiger partial charge in [0.2, 0.25) is 0 Å². The Morgan fingerprint density at radius 2 is 0.524 bits per heavy atom. The Labute approximate surface area is 392 Å². The fraction of sp³-hybridized carbons (Fsp3) is 0.877. The monoisotopic (exact) mass is 887 g/mol. The molecule has 1 atom stereocenters. The molecule has 0 saturated heterocycles. The van der Waals surface area contributed by atoms with E-state index in [0.717, 1.165) is 57.8 Å². The van der Waals surface area contributed by atoms with E-state index in [4.69, 9.17) is 14.2 Å². The molecule has 6 nitrogen and oxygen atoms in total. The van der Waals surface area contributed by atoms with Crippen molar-refractivity contribution < 1.29 is 28.6 Å². The molecule has 0 aliphatic heterocycles. The largest absolute Gasteiger partial charge is 0.462 e. The Bertz CT molecular complexity index is 1020. The molecule has 0 unspecified atom stereocenters. The second kappa shape index (κ2) is 52.5. The second-order valence-corrected chi connectivity index (χ2v) is 18.8. The molecule has 0 radical (unpaired) electrons. The Morgan fingerprint density at radius 1 is 0.302 bits per heavy atom. The summed E-state index contributed by atoms with van der Waals surface area (Å²) in [6, 6.07) is 0. The van der Waals surface area contributed by atoms with Crippen molar-refractivity contribution in [1.29, 1.82) is 0 Å². The van der Waals surface area contributed by atoms with Gasteiger partial charge >= 0.3 is 17.9 Å². The maximum Gasteiger partial charge on any atom is 0.306 e. The lowest BCUT2D eigenvalue weighted by atomic mass is 10.1. The Hall–Kier alpha value is -2.11. The van der Waals surface area contributed by atoms with Crippen molar-refractivity contribution in [3.8, 4) is 0 Å². The second-order valence-electron chi connectivity index (χ2n) is 18.8. The zero-order valence-corrected chi connectivity index (χ0v) is 42.4. The number of hydrogen-bond acceptors (Lipinski definition) is 6.